The molecule has 0 heterocycles. The number of carbonyl (C=O) groups is 2. The molecular formula is C12H16N2O4S2. The highest BCUT2D eigenvalue weighted by Crippen LogP contribution is 2.27. The number of hydrogen-bond donors (Lipinski definition) is 3. The molecule has 3 atom stereocenters. The number of hydrogen-bond acceptors (Lipinski definition) is 6. The lowest BCUT2D eigenvalue weighted by Crippen LogP contribution is -2.46. The summed E-state index contributed by atoms with van der Waals surface area (Å²) in [5, 5.41) is 19.5. The molecule has 1 rings (SSSR count). The van der Waals surface area contributed by atoms with Crippen molar-refractivity contribution in [1.82, 2.24) is 0 Å². The molecule has 0 aliphatic carbocycles. The van der Waals surface area contributed by atoms with Crippen LogP contribution in [0.2, 0.25) is 0 Å². The minimum Gasteiger partial charge on any atom is -0.548 e. The van der Waals surface area contributed by atoms with Gasteiger partial charge < -0.3 is 26.5 Å². The van der Waals surface area contributed by atoms with Crippen LogP contribution < -0.4 is 16.6 Å². The molecule has 1 aromatic rings. The summed E-state index contributed by atoms with van der Waals surface area (Å²) in [6.07, 6.45) is 0. The van der Waals surface area contributed by atoms with E-state index < -0.39 is 33.9 Å². The van der Waals surface area contributed by atoms with Crippen LogP contribution in [0.3, 0.4) is 0 Å². The lowest BCUT2D eigenvalue weighted by molar-refractivity contribution is -0.306. The molecule has 110 valence electrons. The molecule has 6 nitrogen and oxygen atoms in total. The van der Waals surface area contributed by atoms with Gasteiger partial charge >= 0.3 is 5.97 Å². The van der Waals surface area contributed by atoms with Crippen molar-refractivity contribution in [2.24, 2.45) is 11.5 Å². The minimum absolute atomic E-state index is 0.184. The largest absolute Gasteiger partial charge is 0.548 e. The van der Waals surface area contributed by atoms with Gasteiger partial charge in [-0.1, -0.05) is 18.2 Å². The van der Waals surface area contributed by atoms with E-state index in [1.54, 1.807) is 0 Å². The van der Waals surface area contributed by atoms with E-state index in [2.05, 4.69) is 0 Å². The van der Waals surface area contributed by atoms with Gasteiger partial charge in [0.05, 0.1) is 38.5 Å². The average Bonchev–Trinajstić information content (AvgIpc) is 2.43. The summed E-state index contributed by atoms with van der Waals surface area (Å²) in [5.74, 6) is -2.03. The molecule has 0 bridgehead atoms. The van der Waals surface area contributed by atoms with Gasteiger partial charge in [0.15, 0.2) is 4.90 Å². The molecule has 0 radical (unpaired) electrons. The fourth-order valence-electron chi connectivity index (χ4n) is 1.24. The van der Waals surface area contributed by atoms with Crippen molar-refractivity contribution in [1.29, 1.82) is 0 Å². The molecule has 5 N–H and O–H groups in total. The Morgan fingerprint density at radius 2 is 1.85 bits per heavy atom. The normalized spacial score (nSPS) is 15.3. The summed E-state index contributed by atoms with van der Waals surface area (Å²) >= 11 is 0. The quantitative estimate of drug-likeness (QED) is 0.406. The first kappa shape index (κ1) is 16.8. The smallest absolute Gasteiger partial charge is 0.321 e. The van der Waals surface area contributed by atoms with Crippen molar-refractivity contribution in [3.8, 4) is 0 Å². The van der Waals surface area contributed by atoms with Crippen molar-refractivity contribution in [3.63, 3.8) is 0 Å². The summed E-state index contributed by atoms with van der Waals surface area (Å²) in [4.78, 5) is 22.4. The van der Waals surface area contributed by atoms with Crippen LogP contribution in [0.4, 0.5) is 0 Å². The maximum Gasteiger partial charge on any atom is 0.321 e. The average molecular weight is 316 g/mol. The lowest BCUT2D eigenvalue weighted by atomic mass is 10.4. The Morgan fingerprint density at radius 3 is 2.35 bits per heavy atom. The minimum atomic E-state index is -1.32. The predicted molar refractivity (Wildman–Crippen MR) is 78.0 cm³/mol. The summed E-state index contributed by atoms with van der Waals surface area (Å²) < 4.78 is 0. The van der Waals surface area contributed by atoms with Crippen LogP contribution in [-0.2, 0) is 19.5 Å². The number of nitrogens with two attached hydrogens (primary N) is 2. The van der Waals surface area contributed by atoms with Crippen LogP contribution >= 0.6 is 10.8 Å². The second-order valence-corrected chi connectivity index (χ2v) is 7.96. The van der Waals surface area contributed by atoms with Crippen molar-refractivity contribution >= 4 is 32.7 Å². The Morgan fingerprint density at radius 1 is 1.25 bits per heavy atom. The van der Waals surface area contributed by atoms with Gasteiger partial charge in [-0.25, -0.2) is 0 Å². The van der Waals surface area contributed by atoms with Crippen molar-refractivity contribution in [3.05, 3.63) is 30.3 Å². The highest BCUT2D eigenvalue weighted by Gasteiger charge is 2.29. The van der Waals surface area contributed by atoms with Crippen molar-refractivity contribution < 1.29 is 19.8 Å². The van der Waals surface area contributed by atoms with Gasteiger partial charge in [0.1, 0.15) is 11.8 Å². The SMILES string of the molecule is N[C@@H](C[S+](SC[C@H](N)C(=O)O)c1ccccc1)C(=O)[O-]. The maximum absolute atomic E-state index is 10.8. The van der Waals surface area contributed by atoms with Gasteiger partial charge in [-0.3, -0.25) is 4.79 Å². The first-order valence-electron chi connectivity index (χ1n) is 5.76. The van der Waals surface area contributed by atoms with E-state index in [1.165, 1.54) is 10.8 Å². The van der Waals surface area contributed by atoms with E-state index in [0.29, 0.717) is 0 Å². The lowest BCUT2D eigenvalue weighted by Gasteiger charge is -2.13. The molecule has 8 heteroatoms. The Kier molecular flexibility index (Phi) is 6.86. The molecule has 0 aromatic heterocycles. The molecule has 20 heavy (non-hydrogen) atoms. The molecular weight excluding hydrogens is 300 g/mol. The first-order valence-corrected chi connectivity index (χ1v) is 8.65. The Bertz CT molecular complexity index is 458. The number of carboxylic acids is 2. The van der Waals surface area contributed by atoms with Crippen LogP contribution in [0.15, 0.2) is 35.2 Å². The maximum atomic E-state index is 10.8. The van der Waals surface area contributed by atoms with Crippen LogP contribution in [-0.4, -0.2) is 40.6 Å². The summed E-state index contributed by atoms with van der Waals surface area (Å²) in [5.41, 5.74) is 11.0. The zero-order valence-corrected chi connectivity index (χ0v) is 12.2. The Labute approximate surface area is 123 Å². The summed E-state index contributed by atoms with van der Waals surface area (Å²) in [6, 6.07) is 7.13. The fraction of sp³-hybridized carbons (Fsp3) is 0.333. The van der Waals surface area contributed by atoms with Gasteiger partial charge in [-0.15, -0.1) is 0 Å². The van der Waals surface area contributed by atoms with Gasteiger partial charge in [-0.2, -0.15) is 0 Å². The molecule has 0 fully saturated rings. The number of carbonyl (C=O) groups excluding carboxylic acids is 1. The van der Waals surface area contributed by atoms with Gasteiger partial charge in [0.2, 0.25) is 0 Å². The zero-order chi connectivity index (χ0) is 15.1. The topological polar surface area (TPSA) is 129 Å². The van der Waals surface area contributed by atoms with E-state index in [-0.39, 0.29) is 11.5 Å². The standard InChI is InChI=1S/C12H16N2O4S2/c13-9(11(15)16)6-19-20(7-10(14)12(17)18)8-4-2-1-3-5-8/h1-5,9-10H,6-7,13-14H2,(H-,15,16,17,18)/t9-,10-,20?/m0/s1. The third-order valence-electron chi connectivity index (χ3n) is 2.35. The molecule has 1 unspecified atom stereocenters. The van der Waals surface area contributed by atoms with Crippen LogP contribution in [0.1, 0.15) is 0 Å². The van der Waals surface area contributed by atoms with Gasteiger partial charge in [0.25, 0.3) is 0 Å². The van der Waals surface area contributed by atoms with Crippen molar-refractivity contribution in [2.75, 3.05) is 11.5 Å². The molecule has 0 aliphatic heterocycles. The van der Waals surface area contributed by atoms with Crippen LogP contribution in [0, 0.1) is 0 Å². The number of carboxylic acid groups (broad SMARTS) is 2. The highest BCUT2D eigenvalue weighted by molar-refractivity contribution is 8.74. The second kappa shape index (κ2) is 8.15. The third kappa shape index (κ3) is 5.41. The molecule has 0 aliphatic rings. The number of aliphatic carboxylic acids is 2. The number of rotatable bonds is 8. The van der Waals surface area contributed by atoms with Crippen LogP contribution in [0.5, 0.6) is 0 Å². The van der Waals surface area contributed by atoms with E-state index in [0.717, 1.165) is 4.90 Å². The molecule has 0 saturated carbocycles. The number of benzene rings is 1. The molecule has 0 amide bonds. The van der Waals surface area contributed by atoms with E-state index >= 15 is 0 Å². The summed E-state index contributed by atoms with van der Waals surface area (Å²) in [7, 11) is 0.759. The van der Waals surface area contributed by atoms with E-state index in [1.807, 2.05) is 30.3 Å². The monoisotopic (exact) mass is 316 g/mol. The zero-order valence-electron chi connectivity index (χ0n) is 10.6. The van der Waals surface area contributed by atoms with Crippen molar-refractivity contribution in [2.45, 2.75) is 17.0 Å². The Hall–Kier alpha value is -1.22. The molecule has 0 spiro atoms. The fourth-order valence-corrected chi connectivity index (χ4v) is 5.45. The van der Waals surface area contributed by atoms with Gasteiger partial charge in [-0.05, 0) is 12.1 Å². The van der Waals surface area contributed by atoms with E-state index in [9.17, 15) is 14.7 Å². The predicted octanol–water partition coefficient (Wildman–Crippen LogP) is -1.20. The highest BCUT2D eigenvalue weighted by atomic mass is 33.1. The van der Waals surface area contributed by atoms with Gasteiger partial charge in [0, 0.05) is 0 Å². The summed E-state index contributed by atoms with van der Waals surface area (Å²) in [6.45, 7) is 0. The molecule has 1 aromatic carbocycles. The molecule has 0 saturated heterocycles. The Balaban J connectivity index is 2.74. The van der Waals surface area contributed by atoms with Crippen LogP contribution in [0.25, 0.3) is 0 Å². The third-order valence-corrected chi connectivity index (χ3v) is 6.83. The second-order valence-electron chi connectivity index (χ2n) is 3.98. The van der Waals surface area contributed by atoms with E-state index in [4.69, 9.17) is 16.6 Å². The first-order chi connectivity index (χ1) is 9.41.